The van der Waals surface area contributed by atoms with Gasteiger partial charge in [0.2, 0.25) is 0 Å². The summed E-state index contributed by atoms with van der Waals surface area (Å²) in [6, 6.07) is 4.15. The minimum atomic E-state index is -0.783. The summed E-state index contributed by atoms with van der Waals surface area (Å²) in [5.74, 6) is 0.478. The van der Waals surface area contributed by atoms with Crippen molar-refractivity contribution in [2.45, 2.75) is 32.3 Å². The fourth-order valence-corrected chi connectivity index (χ4v) is 2.99. The van der Waals surface area contributed by atoms with Gasteiger partial charge >= 0.3 is 6.09 Å². The number of rotatable bonds is 3. The molecule has 8 heteroatoms. The van der Waals surface area contributed by atoms with Crippen LogP contribution in [-0.4, -0.2) is 30.3 Å². The molecule has 1 aliphatic heterocycles. The molecule has 0 bridgehead atoms. The van der Waals surface area contributed by atoms with Crippen LogP contribution in [0.3, 0.4) is 0 Å². The van der Waals surface area contributed by atoms with Crippen molar-refractivity contribution in [2.75, 3.05) is 18.0 Å². The number of nitrogens with zero attached hydrogens (tertiary/aromatic N) is 4. The van der Waals surface area contributed by atoms with Crippen LogP contribution in [0, 0.1) is 22.7 Å². The SMILES string of the molecule is CCc1c(C#N)c(Cl)nc(N2CCC(OC(N)=O)CC2)c1C#N. The molecule has 7 nitrogen and oxygen atoms in total. The number of aromatic nitrogens is 1. The number of carbonyl (C=O) groups excluding carboxylic acids is 1. The molecule has 0 saturated carbocycles. The Bertz CT molecular complexity index is 699. The molecule has 1 saturated heterocycles. The number of ether oxygens (including phenoxy) is 1. The van der Waals surface area contributed by atoms with Gasteiger partial charge < -0.3 is 15.4 Å². The van der Waals surface area contributed by atoms with Crippen LogP contribution in [0.5, 0.6) is 0 Å². The quantitative estimate of drug-likeness (QED) is 0.847. The molecule has 120 valence electrons. The number of amides is 1. The summed E-state index contributed by atoms with van der Waals surface area (Å²) in [6.07, 6.45) is 0.688. The number of hydrogen-bond acceptors (Lipinski definition) is 6. The molecular formula is C15H16ClN5O2. The van der Waals surface area contributed by atoms with E-state index in [0.717, 1.165) is 0 Å². The Morgan fingerprint density at radius 3 is 2.48 bits per heavy atom. The zero-order chi connectivity index (χ0) is 17.0. The lowest BCUT2D eigenvalue weighted by molar-refractivity contribution is 0.0911. The predicted octanol–water partition coefficient (Wildman–Crippen LogP) is 2.10. The molecule has 1 fully saturated rings. The third-order valence-electron chi connectivity index (χ3n) is 3.84. The van der Waals surface area contributed by atoms with Gasteiger partial charge in [-0.1, -0.05) is 18.5 Å². The Morgan fingerprint density at radius 1 is 1.39 bits per heavy atom. The third kappa shape index (κ3) is 3.46. The summed E-state index contributed by atoms with van der Waals surface area (Å²) in [4.78, 5) is 17.0. The van der Waals surface area contributed by atoms with Crippen molar-refractivity contribution in [1.29, 1.82) is 10.5 Å². The molecule has 1 aliphatic rings. The second-order valence-electron chi connectivity index (χ2n) is 5.16. The Kier molecular flexibility index (Phi) is 5.25. The average Bonchev–Trinajstić information content (AvgIpc) is 2.53. The molecule has 2 N–H and O–H groups in total. The summed E-state index contributed by atoms with van der Waals surface area (Å²) < 4.78 is 4.99. The maximum atomic E-state index is 10.8. The van der Waals surface area contributed by atoms with Gasteiger partial charge in [-0.15, -0.1) is 0 Å². The smallest absolute Gasteiger partial charge is 0.404 e. The van der Waals surface area contributed by atoms with E-state index in [1.807, 2.05) is 17.9 Å². The first-order valence-electron chi connectivity index (χ1n) is 7.25. The van der Waals surface area contributed by atoms with E-state index in [9.17, 15) is 15.3 Å². The number of nitriles is 2. The molecule has 1 aromatic heterocycles. The average molecular weight is 334 g/mol. The van der Waals surface area contributed by atoms with Gasteiger partial charge in [-0.05, 0) is 12.0 Å². The molecule has 1 amide bonds. The molecule has 1 aromatic rings. The van der Waals surface area contributed by atoms with Crippen LogP contribution in [0.4, 0.5) is 10.6 Å². The van der Waals surface area contributed by atoms with Crippen molar-refractivity contribution in [3.05, 3.63) is 21.8 Å². The highest BCUT2D eigenvalue weighted by Crippen LogP contribution is 2.31. The number of anilines is 1. The Balaban J connectivity index is 2.31. The maximum Gasteiger partial charge on any atom is 0.404 e. The molecule has 0 atom stereocenters. The summed E-state index contributed by atoms with van der Waals surface area (Å²) in [6.45, 7) is 2.99. The lowest BCUT2D eigenvalue weighted by atomic mass is 10.0. The van der Waals surface area contributed by atoms with Gasteiger partial charge in [-0.3, -0.25) is 0 Å². The first-order chi connectivity index (χ1) is 11.0. The van der Waals surface area contributed by atoms with Crippen LogP contribution < -0.4 is 10.6 Å². The van der Waals surface area contributed by atoms with Crippen molar-refractivity contribution < 1.29 is 9.53 Å². The molecule has 2 rings (SSSR count). The Hall–Kier alpha value is -2.51. The van der Waals surface area contributed by atoms with Crippen LogP contribution in [0.25, 0.3) is 0 Å². The van der Waals surface area contributed by atoms with Crippen molar-refractivity contribution in [2.24, 2.45) is 5.73 Å². The van der Waals surface area contributed by atoms with Crippen LogP contribution in [-0.2, 0) is 11.2 Å². The van der Waals surface area contributed by atoms with Crippen molar-refractivity contribution in [1.82, 2.24) is 4.98 Å². The number of primary amides is 1. The lowest BCUT2D eigenvalue weighted by Crippen LogP contribution is -2.39. The Labute approximate surface area is 139 Å². The predicted molar refractivity (Wildman–Crippen MR) is 84.0 cm³/mol. The van der Waals surface area contributed by atoms with Gasteiger partial charge in [0.1, 0.15) is 29.2 Å². The highest BCUT2D eigenvalue weighted by Gasteiger charge is 2.26. The highest BCUT2D eigenvalue weighted by molar-refractivity contribution is 6.30. The van der Waals surface area contributed by atoms with Crippen LogP contribution >= 0.6 is 11.6 Å². The standard InChI is InChI=1S/C15H16ClN5O2/c1-2-10-11(7-17)13(16)20-14(12(10)8-18)21-5-3-9(4-6-21)23-15(19)22/h9H,2-6H2,1H3,(H2,19,22). The van der Waals surface area contributed by atoms with Crippen LogP contribution in [0.2, 0.25) is 5.15 Å². The number of halogens is 1. The molecular weight excluding hydrogens is 318 g/mol. The molecule has 23 heavy (non-hydrogen) atoms. The van der Waals surface area contributed by atoms with Gasteiger partial charge in [-0.2, -0.15) is 10.5 Å². The fourth-order valence-electron chi connectivity index (χ4n) is 2.75. The largest absolute Gasteiger partial charge is 0.446 e. The van der Waals surface area contributed by atoms with Gasteiger partial charge in [0.15, 0.2) is 0 Å². The van der Waals surface area contributed by atoms with E-state index in [2.05, 4.69) is 11.1 Å². The van der Waals surface area contributed by atoms with Gasteiger partial charge in [0.25, 0.3) is 0 Å². The summed E-state index contributed by atoms with van der Waals surface area (Å²) in [5, 5.41) is 18.8. The van der Waals surface area contributed by atoms with Gasteiger partial charge in [0, 0.05) is 25.9 Å². The highest BCUT2D eigenvalue weighted by atomic mass is 35.5. The minimum absolute atomic E-state index is 0.105. The van der Waals surface area contributed by atoms with Crippen molar-refractivity contribution in [3.8, 4) is 12.1 Å². The second kappa shape index (κ2) is 7.17. The maximum absolute atomic E-state index is 10.8. The first kappa shape index (κ1) is 16.9. The Morgan fingerprint density at radius 2 is 2.00 bits per heavy atom. The molecule has 0 aliphatic carbocycles. The van der Waals surface area contributed by atoms with E-state index in [1.165, 1.54) is 0 Å². The minimum Gasteiger partial charge on any atom is -0.446 e. The normalized spacial score (nSPS) is 14.9. The van der Waals surface area contributed by atoms with E-state index >= 15 is 0 Å². The molecule has 0 radical (unpaired) electrons. The van der Waals surface area contributed by atoms with Crippen molar-refractivity contribution >= 4 is 23.5 Å². The third-order valence-corrected chi connectivity index (χ3v) is 4.11. The van der Waals surface area contributed by atoms with Gasteiger partial charge in [0.05, 0.1) is 11.1 Å². The van der Waals surface area contributed by atoms with Crippen LogP contribution in [0.1, 0.15) is 36.5 Å². The zero-order valence-corrected chi connectivity index (χ0v) is 13.4. The van der Waals surface area contributed by atoms with E-state index in [0.29, 0.717) is 49.3 Å². The van der Waals surface area contributed by atoms with Crippen molar-refractivity contribution in [3.63, 3.8) is 0 Å². The van der Waals surface area contributed by atoms with E-state index in [-0.39, 0.29) is 16.8 Å². The van der Waals surface area contributed by atoms with E-state index in [1.54, 1.807) is 0 Å². The van der Waals surface area contributed by atoms with Crippen LogP contribution in [0.15, 0.2) is 0 Å². The number of piperidine rings is 1. The number of hydrogen-bond donors (Lipinski definition) is 1. The summed E-state index contributed by atoms with van der Waals surface area (Å²) in [5.41, 5.74) is 6.27. The fraction of sp³-hybridized carbons (Fsp3) is 0.467. The second-order valence-corrected chi connectivity index (χ2v) is 5.51. The summed E-state index contributed by atoms with van der Waals surface area (Å²) in [7, 11) is 0. The topological polar surface area (TPSA) is 116 Å². The monoisotopic (exact) mass is 333 g/mol. The lowest BCUT2D eigenvalue weighted by Gasteiger charge is -2.33. The van der Waals surface area contributed by atoms with Gasteiger partial charge in [-0.25, -0.2) is 9.78 Å². The molecule has 0 unspecified atom stereocenters. The molecule has 0 spiro atoms. The van der Waals surface area contributed by atoms with E-state index < -0.39 is 6.09 Å². The number of carbonyl (C=O) groups is 1. The number of pyridine rings is 1. The molecule has 2 heterocycles. The van der Waals surface area contributed by atoms with E-state index in [4.69, 9.17) is 22.1 Å². The first-order valence-corrected chi connectivity index (χ1v) is 7.63. The summed E-state index contributed by atoms with van der Waals surface area (Å²) >= 11 is 6.10. The molecule has 0 aromatic carbocycles. The number of nitrogens with two attached hydrogens (primary N) is 1. The zero-order valence-electron chi connectivity index (χ0n) is 12.7.